The molecule has 1 aromatic carbocycles. The third-order valence-corrected chi connectivity index (χ3v) is 4.92. The number of nitrogens with one attached hydrogen (secondary N) is 1. The van der Waals surface area contributed by atoms with Crippen LogP contribution in [0.2, 0.25) is 0 Å². The van der Waals surface area contributed by atoms with E-state index >= 15 is 0 Å². The molecule has 3 rings (SSSR count). The first-order chi connectivity index (χ1) is 8.72. The van der Waals surface area contributed by atoms with Gasteiger partial charge in [0.1, 0.15) is 0 Å². The molecular weight excluding hydrogens is 288 g/mol. The number of rotatable bonds is 3. The molecule has 1 aliphatic heterocycles. The number of piperidine rings is 1. The summed E-state index contributed by atoms with van der Waals surface area (Å²) in [7, 11) is 0. The lowest BCUT2D eigenvalue weighted by Crippen LogP contribution is -2.43. The fourth-order valence-electron chi connectivity index (χ4n) is 2.67. The minimum Gasteiger partial charge on any atom is -0.371 e. The highest BCUT2D eigenvalue weighted by Crippen LogP contribution is 2.27. The summed E-state index contributed by atoms with van der Waals surface area (Å²) in [5.41, 5.74) is 2.67. The van der Waals surface area contributed by atoms with Crippen molar-refractivity contribution in [2.45, 2.75) is 44.7 Å². The fourth-order valence-corrected chi connectivity index (χ4v) is 3.03. The van der Waals surface area contributed by atoms with E-state index in [0.717, 1.165) is 12.1 Å². The van der Waals surface area contributed by atoms with Crippen LogP contribution in [0, 0.1) is 6.92 Å². The molecule has 0 atom stereocenters. The average molecular weight is 309 g/mol. The lowest BCUT2D eigenvalue weighted by Gasteiger charge is -2.34. The molecule has 1 saturated carbocycles. The van der Waals surface area contributed by atoms with Crippen molar-refractivity contribution in [3.63, 3.8) is 0 Å². The number of hydrogen-bond acceptors (Lipinski definition) is 2. The first-order valence-electron chi connectivity index (χ1n) is 6.99. The molecule has 0 spiro atoms. The van der Waals surface area contributed by atoms with Crippen molar-refractivity contribution in [1.29, 1.82) is 0 Å². The molecule has 98 valence electrons. The Morgan fingerprint density at radius 2 is 1.78 bits per heavy atom. The molecule has 1 heterocycles. The van der Waals surface area contributed by atoms with Crippen LogP contribution < -0.4 is 10.2 Å². The Bertz CT molecular complexity index is 421. The molecule has 0 aromatic heterocycles. The van der Waals surface area contributed by atoms with Gasteiger partial charge < -0.3 is 10.2 Å². The molecule has 3 heteroatoms. The van der Waals surface area contributed by atoms with E-state index in [4.69, 9.17) is 0 Å². The largest absolute Gasteiger partial charge is 0.371 e. The molecule has 1 aromatic rings. The Morgan fingerprint density at radius 3 is 2.39 bits per heavy atom. The number of halogens is 1. The quantitative estimate of drug-likeness (QED) is 0.919. The maximum atomic E-state index is 3.75. The van der Waals surface area contributed by atoms with Crippen LogP contribution in [0.25, 0.3) is 0 Å². The summed E-state index contributed by atoms with van der Waals surface area (Å²) in [6.07, 6.45) is 5.35. The van der Waals surface area contributed by atoms with Crippen LogP contribution in [0.15, 0.2) is 22.7 Å². The number of anilines is 1. The zero-order chi connectivity index (χ0) is 12.5. The highest BCUT2D eigenvalue weighted by Gasteiger charge is 2.27. The van der Waals surface area contributed by atoms with Crippen molar-refractivity contribution in [3.05, 3.63) is 28.2 Å². The molecular formula is C15H21BrN2. The van der Waals surface area contributed by atoms with E-state index in [2.05, 4.69) is 51.3 Å². The van der Waals surface area contributed by atoms with E-state index in [1.54, 1.807) is 0 Å². The second-order valence-electron chi connectivity index (χ2n) is 5.64. The van der Waals surface area contributed by atoms with Gasteiger partial charge in [0.05, 0.1) is 0 Å². The number of benzene rings is 1. The molecule has 0 amide bonds. The van der Waals surface area contributed by atoms with E-state index in [-0.39, 0.29) is 0 Å². The molecule has 1 N–H and O–H groups in total. The molecule has 2 fully saturated rings. The monoisotopic (exact) mass is 308 g/mol. The lowest BCUT2D eigenvalue weighted by atomic mass is 10.0. The molecule has 1 saturated heterocycles. The first kappa shape index (κ1) is 12.5. The van der Waals surface area contributed by atoms with Crippen molar-refractivity contribution in [1.82, 2.24) is 5.32 Å². The predicted molar refractivity (Wildman–Crippen MR) is 80.3 cm³/mol. The molecule has 2 nitrogen and oxygen atoms in total. The fraction of sp³-hybridized carbons (Fsp3) is 0.600. The van der Waals surface area contributed by atoms with Crippen LogP contribution in [0.3, 0.4) is 0 Å². The second kappa shape index (κ2) is 5.22. The Balaban J connectivity index is 1.59. The highest BCUT2D eigenvalue weighted by atomic mass is 79.9. The van der Waals surface area contributed by atoms with Crippen molar-refractivity contribution in [3.8, 4) is 0 Å². The van der Waals surface area contributed by atoms with Crippen LogP contribution in [-0.4, -0.2) is 25.2 Å². The smallest absolute Gasteiger partial charge is 0.0377 e. The number of hydrogen-bond donors (Lipinski definition) is 1. The van der Waals surface area contributed by atoms with E-state index in [9.17, 15) is 0 Å². The average Bonchev–Trinajstić information content (AvgIpc) is 3.18. The van der Waals surface area contributed by atoms with Crippen LogP contribution in [0.4, 0.5) is 5.69 Å². The van der Waals surface area contributed by atoms with E-state index < -0.39 is 0 Å². The van der Waals surface area contributed by atoms with Gasteiger partial charge in [-0.3, -0.25) is 0 Å². The SMILES string of the molecule is Cc1ccc(N2CCC(NC3CC3)CC2)cc1Br. The third-order valence-electron chi connectivity index (χ3n) is 4.06. The van der Waals surface area contributed by atoms with Gasteiger partial charge in [0.25, 0.3) is 0 Å². The minimum atomic E-state index is 0.752. The zero-order valence-corrected chi connectivity index (χ0v) is 12.5. The Kier molecular flexibility index (Phi) is 3.62. The highest BCUT2D eigenvalue weighted by molar-refractivity contribution is 9.10. The van der Waals surface area contributed by atoms with Crippen molar-refractivity contribution < 1.29 is 0 Å². The van der Waals surface area contributed by atoms with Gasteiger partial charge in [-0.15, -0.1) is 0 Å². The summed E-state index contributed by atoms with van der Waals surface area (Å²) in [4.78, 5) is 2.51. The Hall–Kier alpha value is -0.540. The summed E-state index contributed by atoms with van der Waals surface area (Å²) in [6.45, 7) is 4.50. The molecule has 0 bridgehead atoms. The summed E-state index contributed by atoms with van der Waals surface area (Å²) in [6, 6.07) is 8.30. The maximum Gasteiger partial charge on any atom is 0.0377 e. The normalized spacial score (nSPS) is 21.3. The van der Waals surface area contributed by atoms with Gasteiger partial charge in [-0.2, -0.15) is 0 Å². The predicted octanol–water partition coefficient (Wildman–Crippen LogP) is 3.48. The topological polar surface area (TPSA) is 15.3 Å². The summed E-state index contributed by atoms with van der Waals surface area (Å²) in [5, 5.41) is 3.75. The first-order valence-corrected chi connectivity index (χ1v) is 7.79. The number of nitrogens with zero attached hydrogens (tertiary/aromatic N) is 1. The molecule has 1 aliphatic carbocycles. The Labute approximate surface area is 118 Å². The zero-order valence-electron chi connectivity index (χ0n) is 11.0. The van der Waals surface area contributed by atoms with Gasteiger partial charge in [0.15, 0.2) is 0 Å². The van der Waals surface area contributed by atoms with Gasteiger partial charge in [-0.1, -0.05) is 22.0 Å². The Morgan fingerprint density at radius 1 is 1.11 bits per heavy atom. The van der Waals surface area contributed by atoms with Crippen LogP contribution in [0.1, 0.15) is 31.2 Å². The molecule has 18 heavy (non-hydrogen) atoms. The third kappa shape index (κ3) is 2.89. The maximum absolute atomic E-state index is 3.75. The molecule has 2 aliphatic rings. The van der Waals surface area contributed by atoms with Crippen molar-refractivity contribution in [2.75, 3.05) is 18.0 Å². The minimum absolute atomic E-state index is 0.752. The van der Waals surface area contributed by atoms with Crippen LogP contribution in [-0.2, 0) is 0 Å². The van der Waals surface area contributed by atoms with Crippen molar-refractivity contribution in [2.24, 2.45) is 0 Å². The van der Waals surface area contributed by atoms with E-state index in [1.165, 1.54) is 54.5 Å². The molecule has 0 unspecified atom stereocenters. The van der Waals surface area contributed by atoms with Gasteiger partial charge in [0.2, 0.25) is 0 Å². The van der Waals surface area contributed by atoms with Gasteiger partial charge in [0, 0.05) is 35.3 Å². The van der Waals surface area contributed by atoms with E-state index in [1.807, 2.05) is 0 Å². The van der Waals surface area contributed by atoms with Gasteiger partial charge in [-0.05, 0) is 50.3 Å². The standard InChI is InChI=1S/C15H21BrN2/c1-11-2-5-14(10-15(11)16)18-8-6-13(7-9-18)17-12-3-4-12/h2,5,10,12-13,17H,3-4,6-9H2,1H3. The second-order valence-corrected chi connectivity index (χ2v) is 6.49. The van der Waals surface area contributed by atoms with Gasteiger partial charge in [-0.25, -0.2) is 0 Å². The lowest BCUT2D eigenvalue weighted by molar-refractivity contribution is 0.413. The summed E-state index contributed by atoms with van der Waals surface area (Å²) < 4.78 is 1.22. The number of aryl methyl sites for hydroxylation is 1. The summed E-state index contributed by atoms with van der Waals surface area (Å²) >= 11 is 3.63. The van der Waals surface area contributed by atoms with Crippen molar-refractivity contribution >= 4 is 21.6 Å². The van der Waals surface area contributed by atoms with Gasteiger partial charge >= 0.3 is 0 Å². The molecule has 0 radical (unpaired) electrons. The van der Waals surface area contributed by atoms with Crippen LogP contribution >= 0.6 is 15.9 Å². The van der Waals surface area contributed by atoms with E-state index in [0.29, 0.717) is 0 Å². The van der Waals surface area contributed by atoms with Crippen LogP contribution in [0.5, 0.6) is 0 Å². The summed E-state index contributed by atoms with van der Waals surface area (Å²) in [5.74, 6) is 0.